The fraction of sp³-hybridized carbons (Fsp3) is 0.176. The molecule has 0 aliphatic rings. The highest BCUT2D eigenvalue weighted by molar-refractivity contribution is 9.10. The van der Waals surface area contributed by atoms with Gasteiger partial charge in [0.2, 0.25) is 0 Å². The van der Waals surface area contributed by atoms with Gasteiger partial charge in [-0.25, -0.2) is 0 Å². The third kappa shape index (κ3) is 5.36. The maximum absolute atomic E-state index is 12.2. The Morgan fingerprint density at radius 1 is 1.30 bits per heavy atom. The minimum Gasteiger partial charge on any atom is -0.326 e. The molecule has 4 nitrogen and oxygen atoms in total. The Morgan fingerprint density at radius 2 is 2.00 bits per heavy atom. The maximum Gasteiger partial charge on any atom is 0.279 e. The lowest BCUT2D eigenvalue weighted by atomic mass is 10.2. The van der Waals surface area contributed by atoms with Gasteiger partial charge < -0.3 is 10.2 Å². The molecule has 0 aliphatic heterocycles. The van der Waals surface area contributed by atoms with Crippen LogP contribution < -0.4 is 10.2 Å². The number of carbonyl (C=O) groups excluding carboxylic acids is 1. The summed E-state index contributed by atoms with van der Waals surface area (Å²) in [5.41, 5.74) is 1.99. The van der Waals surface area contributed by atoms with E-state index in [2.05, 4.69) is 21.2 Å². The number of hydrogen-bond acceptors (Lipinski definition) is 2. The van der Waals surface area contributed by atoms with Crippen molar-refractivity contribution in [2.24, 2.45) is 0 Å². The van der Waals surface area contributed by atoms with Gasteiger partial charge in [0, 0.05) is 15.1 Å². The number of nitrogens with one attached hydrogen (secondary N) is 2. The molecule has 0 heterocycles. The highest BCUT2D eigenvalue weighted by Crippen LogP contribution is 2.20. The summed E-state index contributed by atoms with van der Waals surface area (Å²) in [7, 11) is 1.95. The van der Waals surface area contributed by atoms with E-state index in [0.717, 1.165) is 21.5 Å². The molecule has 2 N–H and O–H groups in total. The Morgan fingerprint density at radius 3 is 2.65 bits per heavy atom. The lowest BCUT2D eigenvalue weighted by molar-refractivity contribution is -0.885. The third-order valence-electron chi connectivity index (χ3n) is 3.26. The van der Waals surface area contributed by atoms with Crippen LogP contribution in [0, 0.1) is 11.3 Å². The fourth-order valence-corrected chi connectivity index (χ4v) is 2.64. The molecule has 0 aliphatic carbocycles. The van der Waals surface area contributed by atoms with Gasteiger partial charge in [-0.2, -0.15) is 5.26 Å². The largest absolute Gasteiger partial charge is 0.326 e. The smallest absolute Gasteiger partial charge is 0.279 e. The Labute approximate surface area is 148 Å². The van der Waals surface area contributed by atoms with Gasteiger partial charge in [0.25, 0.3) is 5.91 Å². The molecule has 1 amide bonds. The van der Waals surface area contributed by atoms with E-state index >= 15 is 0 Å². The second-order valence-corrected chi connectivity index (χ2v) is 6.64. The van der Waals surface area contributed by atoms with Crippen LogP contribution in [-0.4, -0.2) is 19.5 Å². The number of nitrogens with zero attached hydrogens (tertiary/aromatic N) is 1. The first-order valence-corrected chi connectivity index (χ1v) is 8.20. The van der Waals surface area contributed by atoms with Crippen LogP contribution in [0.15, 0.2) is 46.9 Å². The topological polar surface area (TPSA) is 57.3 Å². The molecule has 2 aromatic rings. The standard InChI is InChI=1S/C17H15BrClN3O/c1-22(10-12-2-5-14(18)6-3-12)11-17(23)21-16-8-15(19)7-4-13(16)9-20/h2-8H,10-11H2,1H3,(H,21,23)/p+1. The zero-order valence-corrected chi connectivity index (χ0v) is 14.9. The van der Waals surface area contributed by atoms with Gasteiger partial charge in [-0.05, 0) is 30.3 Å². The average Bonchev–Trinajstić information content (AvgIpc) is 2.49. The molecule has 0 radical (unpaired) electrons. The molecule has 0 aromatic heterocycles. The number of benzene rings is 2. The molecule has 0 bridgehead atoms. The first kappa shape index (κ1) is 17.5. The fourth-order valence-electron chi connectivity index (χ4n) is 2.20. The second kappa shape index (κ2) is 8.11. The van der Waals surface area contributed by atoms with E-state index in [1.54, 1.807) is 18.2 Å². The lowest BCUT2D eigenvalue weighted by Crippen LogP contribution is -3.08. The van der Waals surface area contributed by atoms with E-state index in [9.17, 15) is 4.79 Å². The maximum atomic E-state index is 12.2. The highest BCUT2D eigenvalue weighted by atomic mass is 79.9. The van der Waals surface area contributed by atoms with Crippen molar-refractivity contribution in [1.29, 1.82) is 5.26 Å². The number of halogens is 2. The number of amides is 1. The van der Waals surface area contributed by atoms with Crippen molar-refractivity contribution < 1.29 is 9.69 Å². The quantitative estimate of drug-likeness (QED) is 0.820. The van der Waals surface area contributed by atoms with Crippen molar-refractivity contribution in [3.05, 3.63) is 63.1 Å². The van der Waals surface area contributed by atoms with Crippen LogP contribution in [0.2, 0.25) is 5.02 Å². The number of likely N-dealkylation sites (N-methyl/N-ethyl adjacent to an activating group) is 1. The first-order chi connectivity index (χ1) is 11.0. The van der Waals surface area contributed by atoms with Gasteiger partial charge in [0.15, 0.2) is 6.54 Å². The normalized spacial score (nSPS) is 11.6. The SMILES string of the molecule is C[NH+](CC(=O)Nc1cc(Cl)ccc1C#N)Cc1ccc(Br)cc1. The molecule has 118 valence electrons. The lowest BCUT2D eigenvalue weighted by Gasteiger charge is -2.14. The first-order valence-electron chi connectivity index (χ1n) is 7.03. The van der Waals surface area contributed by atoms with Crippen LogP contribution >= 0.6 is 27.5 Å². The third-order valence-corrected chi connectivity index (χ3v) is 4.02. The van der Waals surface area contributed by atoms with Crippen molar-refractivity contribution in [1.82, 2.24) is 0 Å². The van der Waals surface area contributed by atoms with Crippen molar-refractivity contribution in [3.63, 3.8) is 0 Å². The predicted octanol–water partition coefficient (Wildman–Crippen LogP) is 2.63. The number of nitriles is 1. The van der Waals surface area contributed by atoms with Gasteiger partial charge >= 0.3 is 0 Å². The summed E-state index contributed by atoms with van der Waals surface area (Å²) in [6.45, 7) is 1.04. The number of anilines is 1. The summed E-state index contributed by atoms with van der Waals surface area (Å²) in [4.78, 5) is 13.2. The van der Waals surface area contributed by atoms with Crippen LogP contribution in [0.1, 0.15) is 11.1 Å². The van der Waals surface area contributed by atoms with Crippen LogP contribution in [0.4, 0.5) is 5.69 Å². The molecule has 2 aromatic carbocycles. The van der Waals surface area contributed by atoms with E-state index in [1.807, 2.05) is 37.4 Å². The molecule has 23 heavy (non-hydrogen) atoms. The average molecular weight is 394 g/mol. The summed E-state index contributed by atoms with van der Waals surface area (Å²) in [5.74, 6) is -0.154. The van der Waals surface area contributed by atoms with Crippen LogP contribution in [0.5, 0.6) is 0 Å². The number of quaternary nitrogens is 1. The monoisotopic (exact) mass is 392 g/mol. The molecule has 1 unspecified atom stereocenters. The summed E-state index contributed by atoms with van der Waals surface area (Å²) in [5, 5.41) is 12.3. The minimum atomic E-state index is -0.154. The summed E-state index contributed by atoms with van der Waals surface area (Å²) < 4.78 is 1.03. The number of rotatable bonds is 5. The molecule has 0 spiro atoms. The van der Waals surface area contributed by atoms with E-state index in [0.29, 0.717) is 22.8 Å². The van der Waals surface area contributed by atoms with Crippen molar-refractivity contribution in [2.75, 3.05) is 18.9 Å². The molecule has 0 fully saturated rings. The number of hydrogen-bond donors (Lipinski definition) is 2. The van der Waals surface area contributed by atoms with Gasteiger partial charge in [0.1, 0.15) is 12.6 Å². The zero-order chi connectivity index (χ0) is 16.8. The molecule has 1 atom stereocenters. The summed E-state index contributed by atoms with van der Waals surface area (Å²) in [6.07, 6.45) is 0. The van der Waals surface area contributed by atoms with Crippen LogP contribution in [0.3, 0.4) is 0 Å². The molecular weight excluding hydrogens is 378 g/mol. The van der Waals surface area contributed by atoms with Gasteiger partial charge in [-0.3, -0.25) is 4.79 Å². The second-order valence-electron chi connectivity index (χ2n) is 5.29. The van der Waals surface area contributed by atoms with Crippen molar-refractivity contribution >= 4 is 39.1 Å². The minimum absolute atomic E-state index is 0.154. The Bertz CT molecular complexity index is 740. The summed E-state index contributed by atoms with van der Waals surface area (Å²) in [6, 6.07) is 14.9. The zero-order valence-electron chi connectivity index (χ0n) is 12.6. The van der Waals surface area contributed by atoms with Crippen LogP contribution in [-0.2, 0) is 11.3 Å². The number of carbonyl (C=O) groups is 1. The van der Waals surface area contributed by atoms with Crippen LogP contribution in [0.25, 0.3) is 0 Å². The summed E-state index contributed by atoms with van der Waals surface area (Å²) >= 11 is 9.31. The molecule has 2 rings (SSSR count). The Kier molecular flexibility index (Phi) is 6.17. The van der Waals surface area contributed by atoms with Crippen molar-refractivity contribution in [2.45, 2.75) is 6.54 Å². The van der Waals surface area contributed by atoms with E-state index in [4.69, 9.17) is 16.9 Å². The molecular formula is C17H16BrClN3O+. The van der Waals surface area contributed by atoms with E-state index in [1.165, 1.54) is 0 Å². The van der Waals surface area contributed by atoms with Gasteiger partial charge in [-0.1, -0.05) is 39.7 Å². The molecule has 0 saturated carbocycles. The Balaban J connectivity index is 1.95. The van der Waals surface area contributed by atoms with Gasteiger partial charge in [-0.15, -0.1) is 0 Å². The van der Waals surface area contributed by atoms with Crippen molar-refractivity contribution in [3.8, 4) is 6.07 Å². The Hall–Kier alpha value is -1.87. The van der Waals surface area contributed by atoms with E-state index < -0.39 is 0 Å². The highest BCUT2D eigenvalue weighted by Gasteiger charge is 2.13. The molecule has 6 heteroatoms. The van der Waals surface area contributed by atoms with Gasteiger partial charge in [0.05, 0.1) is 18.3 Å². The van der Waals surface area contributed by atoms with E-state index in [-0.39, 0.29) is 5.91 Å². The molecule has 0 saturated heterocycles. The predicted molar refractivity (Wildman–Crippen MR) is 94.4 cm³/mol.